The number of nitrogens with one attached hydrogen (secondary N) is 1. The lowest BCUT2D eigenvalue weighted by Gasteiger charge is -2.23. The van der Waals surface area contributed by atoms with Crippen molar-refractivity contribution in [2.24, 2.45) is 10.5 Å². The van der Waals surface area contributed by atoms with Gasteiger partial charge in [-0.05, 0) is 43.6 Å². The Morgan fingerprint density at radius 3 is 2.70 bits per heavy atom. The summed E-state index contributed by atoms with van der Waals surface area (Å²) in [5.74, 6) is -0.405. The molecule has 8 heteroatoms. The van der Waals surface area contributed by atoms with Gasteiger partial charge in [-0.1, -0.05) is 34.6 Å². The van der Waals surface area contributed by atoms with Crippen molar-refractivity contribution in [3.63, 3.8) is 0 Å². The highest BCUT2D eigenvalue weighted by atomic mass is 32.1. The Morgan fingerprint density at radius 1 is 1.30 bits per heavy atom. The second-order valence-electron chi connectivity index (χ2n) is 8.68. The zero-order valence-corrected chi connectivity index (χ0v) is 19.5. The smallest absolute Gasteiger partial charge is 0.291 e. The van der Waals surface area contributed by atoms with Gasteiger partial charge in [-0.15, -0.1) is 11.3 Å². The van der Waals surface area contributed by atoms with Crippen molar-refractivity contribution in [3.05, 3.63) is 23.2 Å². The maximum Gasteiger partial charge on any atom is 0.291 e. The quantitative estimate of drug-likeness (QED) is 0.651. The Balaban J connectivity index is 1.73. The highest BCUT2D eigenvalue weighted by Crippen LogP contribution is 2.30. The monoisotopic (exact) mass is 431 g/mol. The Morgan fingerprint density at radius 2 is 2.03 bits per heavy atom. The molecule has 2 aromatic heterocycles. The predicted octanol–water partition coefficient (Wildman–Crippen LogP) is 3.41. The van der Waals surface area contributed by atoms with Crippen LogP contribution in [0.1, 0.15) is 51.5 Å². The van der Waals surface area contributed by atoms with E-state index in [1.54, 1.807) is 11.3 Å². The van der Waals surface area contributed by atoms with Gasteiger partial charge in [0.05, 0.1) is 22.5 Å². The molecule has 164 valence electrons. The van der Waals surface area contributed by atoms with Crippen molar-refractivity contribution >= 4 is 39.1 Å². The normalized spacial score (nSPS) is 14.8. The molecule has 0 saturated carbocycles. The summed E-state index contributed by atoms with van der Waals surface area (Å²) in [5, 5.41) is 11.0. The number of hydrogen-bond donors (Lipinski definition) is 1. The minimum Gasteiger partial charge on any atom is -0.354 e. The number of thiophene rings is 1. The van der Waals surface area contributed by atoms with Crippen LogP contribution in [0.3, 0.4) is 0 Å². The van der Waals surface area contributed by atoms with E-state index in [1.807, 2.05) is 22.1 Å². The van der Waals surface area contributed by atoms with Gasteiger partial charge >= 0.3 is 0 Å². The summed E-state index contributed by atoms with van der Waals surface area (Å²) in [7, 11) is 0. The van der Waals surface area contributed by atoms with E-state index in [-0.39, 0.29) is 23.8 Å². The largest absolute Gasteiger partial charge is 0.354 e. The van der Waals surface area contributed by atoms with Gasteiger partial charge in [-0.2, -0.15) is 5.10 Å². The first-order valence-corrected chi connectivity index (χ1v) is 11.6. The van der Waals surface area contributed by atoms with Gasteiger partial charge in [0.1, 0.15) is 12.2 Å². The van der Waals surface area contributed by atoms with Crippen molar-refractivity contribution in [3.8, 4) is 0 Å². The van der Waals surface area contributed by atoms with E-state index in [4.69, 9.17) is 0 Å². The molecule has 0 aliphatic carbocycles. The molecule has 1 aliphatic heterocycles. The van der Waals surface area contributed by atoms with Crippen LogP contribution < -0.4 is 5.32 Å². The molecule has 2 amide bonds. The summed E-state index contributed by atoms with van der Waals surface area (Å²) in [6.45, 7) is 14.6. The van der Waals surface area contributed by atoms with Crippen LogP contribution in [0.5, 0.6) is 0 Å². The van der Waals surface area contributed by atoms with Gasteiger partial charge in [0.2, 0.25) is 5.91 Å². The van der Waals surface area contributed by atoms with E-state index in [1.165, 1.54) is 5.01 Å². The van der Waals surface area contributed by atoms with Crippen molar-refractivity contribution in [2.75, 3.05) is 32.7 Å². The van der Waals surface area contributed by atoms with Crippen LogP contribution in [0.4, 0.5) is 0 Å². The van der Waals surface area contributed by atoms with Crippen LogP contribution >= 0.6 is 11.3 Å². The fraction of sp³-hybridized carbons (Fsp3) is 0.591. The molecule has 0 spiro atoms. The molecule has 3 heterocycles. The molecular weight excluding hydrogens is 398 g/mol. The number of fused-ring (bicyclic) bond motifs is 3. The lowest BCUT2D eigenvalue weighted by Crippen LogP contribution is -2.39. The van der Waals surface area contributed by atoms with Gasteiger partial charge in [0, 0.05) is 12.0 Å². The van der Waals surface area contributed by atoms with Crippen LogP contribution in [0, 0.1) is 5.41 Å². The van der Waals surface area contributed by atoms with Crippen LogP contribution in [-0.4, -0.2) is 64.7 Å². The number of carbonyl (C=O) groups excluding carboxylic acids is 2. The lowest BCUT2D eigenvalue weighted by molar-refractivity contribution is -0.121. The van der Waals surface area contributed by atoms with Crippen molar-refractivity contribution in [1.29, 1.82) is 0 Å². The van der Waals surface area contributed by atoms with Gasteiger partial charge < -0.3 is 14.8 Å². The Bertz CT molecular complexity index is 933. The molecule has 0 unspecified atom stereocenters. The van der Waals surface area contributed by atoms with E-state index >= 15 is 0 Å². The third kappa shape index (κ3) is 4.92. The molecule has 0 fully saturated rings. The molecular formula is C22H33N5O2S. The lowest BCUT2D eigenvalue weighted by atomic mass is 9.90. The summed E-state index contributed by atoms with van der Waals surface area (Å²) in [6.07, 6.45) is 0.886. The maximum atomic E-state index is 13.2. The first-order chi connectivity index (χ1) is 14.2. The molecule has 30 heavy (non-hydrogen) atoms. The van der Waals surface area contributed by atoms with Crippen LogP contribution in [-0.2, 0) is 11.3 Å². The number of carbonyl (C=O) groups is 2. The predicted molar refractivity (Wildman–Crippen MR) is 123 cm³/mol. The molecule has 1 aliphatic rings. The zero-order valence-electron chi connectivity index (χ0n) is 18.7. The summed E-state index contributed by atoms with van der Waals surface area (Å²) >= 11 is 1.62. The number of aromatic nitrogens is 1. The first kappa shape index (κ1) is 22.5. The summed E-state index contributed by atoms with van der Waals surface area (Å²) in [4.78, 5) is 28.1. The number of hydrazone groups is 1. The zero-order chi connectivity index (χ0) is 21.9. The molecule has 7 nitrogen and oxygen atoms in total. The average molecular weight is 432 g/mol. The third-order valence-corrected chi connectivity index (χ3v) is 6.41. The molecule has 0 radical (unpaired) electrons. The van der Waals surface area contributed by atoms with Crippen LogP contribution in [0.15, 0.2) is 22.6 Å². The van der Waals surface area contributed by atoms with E-state index in [0.717, 1.165) is 42.0 Å². The number of hydrogen-bond acceptors (Lipinski definition) is 5. The second-order valence-corrected chi connectivity index (χ2v) is 9.62. The minimum atomic E-state index is -0.226. The molecule has 1 N–H and O–H groups in total. The second kappa shape index (κ2) is 9.31. The Kier molecular flexibility index (Phi) is 6.98. The van der Waals surface area contributed by atoms with E-state index in [0.29, 0.717) is 18.8 Å². The molecule has 0 saturated heterocycles. The fourth-order valence-corrected chi connectivity index (χ4v) is 4.41. The molecule has 2 aromatic rings. The SMILES string of the molecule is CCN(CC)CCCNC(=O)CN1N=C(C(C)(C)C)Cn2c(cc3sccc32)C1=O. The number of nitrogens with zero attached hydrogens (tertiary/aromatic N) is 4. The minimum absolute atomic E-state index is 0.0670. The van der Waals surface area contributed by atoms with E-state index in [9.17, 15) is 9.59 Å². The van der Waals surface area contributed by atoms with Crippen molar-refractivity contribution in [2.45, 2.75) is 47.6 Å². The van der Waals surface area contributed by atoms with Gasteiger partial charge in [0.25, 0.3) is 5.91 Å². The van der Waals surface area contributed by atoms with E-state index < -0.39 is 0 Å². The third-order valence-electron chi connectivity index (χ3n) is 5.55. The standard InChI is InChI=1S/C22H33N5O2S/c1-6-25(7-2)11-8-10-23-20(28)15-27-21(29)17-13-18-16(9-12-30-18)26(17)14-19(24-27)22(3,4)5/h9,12-13H,6-8,10-11,14-15H2,1-5H3,(H,23,28). The Labute approximate surface area is 182 Å². The van der Waals surface area contributed by atoms with Crippen LogP contribution in [0.2, 0.25) is 0 Å². The molecule has 3 rings (SSSR count). The summed E-state index contributed by atoms with van der Waals surface area (Å²) in [6, 6.07) is 3.95. The van der Waals surface area contributed by atoms with Gasteiger partial charge in [-0.3, -0.25) is 9.59 Å². The summed E-state index contributed by atoms with van der Waals surface area (Å²) < 4.78 is 3.11. The van der Waals surface area contributed by atoms with Gasteiger partial charge in [-0.25, -0.2) is 5.01 Å². The molecule has 0 aromatic carbocycles. The first-order valence-electron chi connectivity index (χ1n) is 10.7. The average Bonchev–Trinajstić information content (AvgIpc) is 3.24. The topological polar surface area (TPSA) is 69.9 Å². The highest BCUT2D eigenvalue weighted by Gasteiger charge is 2.31. The number of rotatable bonds is 8. The van der Waals surface area contributed by atoms with E-state index in [2.05, 4.69) is 49.9 Å². The fourth-order valence-electron chi connectivity index (χ4n) is 3.59. The highest BCUT2D eigenvalue weighted by molar-refractivity contribution is 7.17. The molecule has 0 bridgehead atoms. The van der Waals surface area contributed by atoms with Crippen molar-refractivity contribution < 1.29 is 9.59 Å². The van der Waals surface area contributed by atoms with Crippen molar-refractivity contribution in [1.82, 2.24) is 19.8 Å². The maximum absolute atomic E-state index is 13.2. The van der Waals surface area contributed by atoms with Crippen LogP contribution in [0.25, 0.3) is 10.2 Å². The number of amides is 2. The Hall–Kier alpha value is -2.19. The van der Waals surface area contributed by atoms with Gasteiger partial charge in [0.15, 0.2) is 0 Å². The molecule has 0 atom stereocenters. The summed E-state index contributed by atoms with van der Waals surface area (Å²) in [5.41, 5.74) is 2.30.